The van der Waals surface area contributed by atoms with Crippen LogP contribution in [0.5, 0.6) is 0 Å². The van der Waals surface area contributed by atoms with E-state index in [4.69, 9.17) is 30.2 Å². The van der Waals surface area contributed by atoms with Crippen LogP contribution in [0, 0.1) is 46.1 Å². The third-order valence-electron chi connectivity index (χ3n) is 12.9. The van der Waals surface area contributed by atoms with E-state index in [-0.39, 0.29) is 54.6 Å². The Morgan fingerprint density at radius 2 is 1.18 bits per heavy atom. The number of rotatable bonds is 5. The van der Waals surface area contributed by atoms with E-state index in [1.165, 1.54) is 37.1 Å². The van der Waals surface area contributed by atoms with Crippen molar-refractivity contribution < 1.29 is 27.4 Å². The first-order valence-electron chi connectivity index (χ1n) is 16.5. The van der Waals surface area contributed by atoms with Gasteiger partial charge in [0.2, 0.25) is 0 Å². The Balaban J connectivity index is 0.000000143. The van der Waals surface area contributed by atoms with Crippen molar-refractivity contribution in [2.75, 3.05) is 0 Å². The van der Waals surface area contributed by atoms with Crippen molar-refractivity contribution in [3.63, 3.8) is 0 Å². The summed E-state index contributed by atoms with van der Waals surface area (Å²) in [7, 11) is -0.576. The van der Waals surface area contributed by atoms with Gasteiger partial charge >= 0.3 is 14.2 Å². The van der Waals surface area contributed by atoms with E-state index in [9.17, 15) is 8.78 Å². The van der Waals surface area contributed by atoms with Crippen LogP contribution in [0.1, 0.15) is 78.4 Å². The van der Waals surface area contributed by atoms with Gasteiger partial charge in [0.05, 0.1) is 28.7 Å². The molecule has 2 aromatic rings. The van der Waals surface area contributed by atoms with Crippen molar-refractivity contribution in [1.29, 1.82) is 0 Å². The first-order chi connectivity index (χ1) is 20.7. The SMILES string of the molecule is CC1(C)[C@@H]2C[C@H]3OB(Cc4ccc(F)cc4)O[C@@]3(C)[C@H]1C2.CC1(C)[C@@H]2C[C@H]3OB([C@H](Cl)Cc4ccc(F)cc4)O[C@@]3(C)[C@H]1C2. The molecule has 9 heteroatoms. The Labute approximate surface area is 267 Å². The van der Waals surface area contributed by atoms with Gasteiger partial charge in [0, 0.05) is 6.32 Å². The van der Waals surface area contributed by atoms with Gasteiger partial charge in [-0.05, 0) is 116 Å². The molecule has 0 spiro atoms. The third-order valence-corrected chi connectivity index (χ3v) is 13.3. The second-order valence-corrected chi connectivity index (χ2v) is 16.5. The summed E-state index contributed by atoms with van der Waals surface area (Å²) in [5.74, 6) is 2.21. The predicted molar refractivity (Wildman–Crippen MR) is 170 cm³/mol. The van der Waals surface area contributed by atoms with Crippen LogP contribution in [0.15, 0.2) is 48.5 Å². The summed E-state index contributed by atoms with van der Waals surface area (Å²) in [6.07, 6.45) is 6.37. The van der Waals surface area contributed by atoms with Crippen molar-refractivity contribution in [3.05, 3.63) is 71.3 Å². The molecule has 2 aromatic carbocycles. The summed E-state index contributed by atoms with van der Waals surface area (Å²) in [6, 6.07) is 13.1. The summed E-state index contributed by atoms with van der Waals surface area (Å²) < 4.78 is 51.1. The molecular weight excluding hydrogens is 579 g/mol. The maximum absolute atomic E-state index is 13.0. The molecular formula is C35H45B2ClF2O4. The first-order valence-corrected chi connectivity index (χ1v) is 16.9. The van der Waals surface area contributed by atoms with Gasteiger partial charge in [0.15, 0.2) is 0 Å². The molecule has 2 heterocycles. The van der Waals surface area contributed by atoms with Crippen LogP contribution in [0.25, 0.3) is 0 Å². The summed E-state index contributed by atoms with van der Waals surface area (Å²) in [5.41, 5.74) is 2.40. The van der Waals surface area contributed by atoms with Gasteiger partial charge in [0.25, 0.3) is 0 Å². The lowest BCUT2D eigenvalue weighted by Crippen LogP contribution is -2.65. The van der Waals surface area contributed by atoms with Crippen molar-refractivity contribution in [1.82, 2.24) is 0 Å². The van der Waals surface area contributed by atoms with Crippen molar-refractivity contribution in [2.24, 2.45) is 34.5 Å². The topological polar surface area (TPSA) is 36.9 Å². The smallest absolute Gasteiger partial charge is 0.405 e. The molecule has 6 saturated carbocycles. The lowest BCUT2D eigenvalue weighted by Gasteiger charge is -2.64. The molecule has 0 amide bonds. The highest BCUT2D eigenvalue weighted by atomic mass is 35.5. The molecule has 236 valence electrons. The zero-order valence-corrected chi connectivity index (χ0v) is 27.6. The van der Waals surface area contributed by atoms with Crippen molar-refractivity contribution in [3.8, 4) is 0 Å². The highest BCUT2D eigenvalue weighted by Crippen LogP contribution is 2.67. The fraction of sp³-hybridized carbons (Fsp3) is 0.657. The molecule has 4 bridgehead atoms. The maximum Gasteiger partial charge on any atom is 0.477 e. The standard InChI is InChI=1S/C18H23BClFO2.C17H22BFO2/c1-17(2)12-9-14(17)18(3)15(10-12)22-19(23-18)16(20)8-11-4-6-13(21)7-5-11;1-16(2)12-8-14(16)17(3)15(9-12)20-18(21-17)10-11-4-6-13(19)7-5-11/h4-7,12,14-16H,8-10H2,1-3H3;4-7,12,14-15H,8-10H2,1-3H3/t12-,14-,15+,16+,18-;12-,14-,15+,17-/m00/s1. The van der Waals surface area contributed by atoms with Crippen LogP contribution in [-0.4, -0.2) is 42.9 Å². The second-order valence-electron chi connectivity index (χ2n) is 15.9. The fourth-order valence-electron chi connectivity index (χ4n) is 9.85. The lowest BCUT2D eigenvalue weighted by molar-refractivity contribution is -0.199. The normalized spacial score (nSPS) is 39.3. The molecule has 4 nitrogen and oxygen atoms in total. The zero-order valence-electron chi connectivity index (χ0n) is 26.8. The Morgan fingerprint density at radius 3 is 1.70 bits per heavy atom. The molecule has 44 heavy (non-hydrogen) atoms. The van der Waals surface area contributed by atoms with E-state index in [0.717, 1.165) is 35.8 Å². The van der Waals surface area contributed by atoms with E-state index in [1.807, 2.05) is 12.1 Å². The lowest BCUT2D eigenvalue weighted by atomic mass is 9.43. The second kappa shape index (κ2) is 10.8. The highest BCUT2D eigenvalue weighted by molar-refractivity contribution is 6.60. The largest absolute Gasteiger partial charge is 0.477 e. The number of benzene rings is 2. The molecule has 2 aliphatic heterocycles. The molecule has 8 aliphatic rings. The van der Waals surface area contributed by atoms with Gasteiger partial charge in [-0.1, -0.05) is 52.0 Å². The van der Waals surface area contributed by atoms with Crippen LogP contribution < -0.4 is 0 Å². The van der Waals surface area contributed by atoms with Crippen molar-refractivity contribution in [2.45, 2.75) is 109 Å². The number of hydrogen-bond acceptors (Lipinski definition) is 4. The van der Waals surface area contributed by atoms with Gasteiger partial charge in [0.1, 0.15) is 11.6 Å². The van der Waals surface area contributed by atoms with Gasteiger partial charge in [-0.3, -0.25) is 0 Å². The van der Waals surface area contributed by atoms with Crippen LogP contribution in [-0.2, 0) is 31.4 Å². The quantitative estimate of drug-likeness (QED) is 0.251. The summed E-state index contributed by atoms with van der Waals surface area (Å²) in [5, 5.41) is -0.261. The van der Waals surface area contributed by atoms with Gasteiger partial charge in [-0.15, -0.1) is 11.6 Å². The molecule has 6 aliphatic carbocycles. The Kier molecular flexibility index (Phi) is 7.65. The number of alkyl halides is 1. The Hall–Kier alpha value is -1.44. The summed E-state index contributed by atoms with van der Waals surface area (Å²) in [4.78, 5) is 0. The van der Waals surface area contributed by atoms with E-state index < -0.39 is 0 Å². The Bertz CT molecular complexity index is 1380. The monoisotopic (exact) mass is 624 g/mol. The van der Waals surface area contributed by atoms with Gasteiger partial charge in [-0.2, -0.15) is 0 Å². The minimum atomic E-state index is -0.383. The van der Waals surface area contributed by atoms with Crippen LogP contribution in [0.3, 0.4) is 0 Å². The van der Waals surface area contributed by atoms with Crippen LogP contribution in [0.4, 0.5) is 8.78 Å². The molecule has 8 fully saturated rings. The van der Waals surface area contributed by atoms with Crippen LogP contribution >= 0.6 is 11.6 Å². The number of halogens is 3. The predicted octanol–water partition coefficient (Wildman–Crippen LogP) is 7.88. The molecule has 10 rings (SSSR count). The fourth-order valence-corrected chi connectivity index (χ4v) is 10.1. The summed E-state index contributed by atoms with van der Waals surface area (Å²) in [6.45, 7) is 13.8. The average Bonchev–Trinajstić information content (AvgIpc) is 3.51. The van der Waals surface area contributed by atoms with Gasteiger partial charge < -0.3 is 18.6 Å². The third kappa shape index (κ3) is 5.01. The van der Waals surface area contributed by atoms with E-state index in [1.54, 1.807) is 12.1 Å². The van der Waals surface area contributed by atoms with Gasteiger partial charge in [-0.25, -0.2) is 8.78 Å². The van der Waals surface area contributed by atoms with Crippen LogP contribution in [0.2, 0.25) is 0 Å². The molecule has 0 N–H and O–H groups in total. The molecule has 0 unspecified atom stereocenters. The first kappa shape index (κ1) is 31.2. The Morgan fingerprint density at radius 1 is 0.705 bits per heavy atom. The molecule has 9 atom stereocenters. The average molecular weight is 625 g/mol. The molecule has 2 saturated heterocycles. The minimum Gasteiger partial charge on any atom is -0.405 e. The van der Waals surface area contributed by atoms with E-state index >= 15 is 0 Å². The number of hydrogen-bond donors (Lipinski definition) is 0. The van der Waals surface area contributed by atoms with Crippen molar-refractivity contribution >= 4 is 25.8 Å². The molecule has 0 radical (unpaired) electrons. The minimum absolute atomic E-state index is 0.150. The zero-order chi connectivity index (χ0) is 31.2. The summed E-state index contributed by atoms with van der Waals surface area (Å²) >= 11 is 6.58. The highest BCUT2D eigenvalue weighted by Gasteiger charge is 2.69. The maximum atomic E-state index is 13.0. The molecule has 0 aromatic heterocycles. The van der Waals surface area contributed by atoms with E-state index in [2.05, 4.69) is 41.5 Å². The van der Waals surface area contributed by atoms with E-state index in [0.29, 0.717) is 35.4 Å².